The number of aromatic nitrogens is 1. The van der Waals surface area contributed by atoms with Gasteiger partial charge in [-0.1, -0.05) is 13.0 Å². The van der Waals surface area contributed by atoms with Crippen molar-refractivity contribution in [1.82, 2.24) is 10.3 Å². The Balaban J connectivity index is 2.02. The van der Waals surface area contributed by atoms with Gasteiger partial charge in [-0.3, -0.25) is 9.78 Å². The van der Waals surface area contributed by atoms with Crippen LogP contribution >= 0.6 is 11.3 Å². The van der Waals surface area contributed by atoms with Crippen molar-refractivity contribution in [3.8, 4) is 10.4 Å². The van der Waals surface area contributed by atoms with E-state index in [-0.39, 0.29) is 5.91 Å². The molecule has 0 spiro atoms. The second-order valence-electron chi connectivity index (χ2n) is 4.09. The summed E-state index contributed by atoms with van der Waals surface area (Å²) in [5.74, 6) is 0.0963. The van der Waals surface area contributed by atoms with Gasteiger partial charge in [0.25, 0.3) is 0 Å². The zero-order valence-electron chi connectivity index (χ0n) is 10.3. The SMILES string of the molecule is CCCC(=O)NCc1cncc(-c2cccs2)c1. The Morgan fingerprint density at radius 2 is 2.33 bits per heavy atom. The second-order valence-corrected chi connectivity index (χ2v) is 5.03. The van der Waals surface area contributed by atoms with Gasteiger partial charge < -0.3 is 5.32 Å². The van der Waals surface area contributed by atoms with Crippen LogP contribution in [0.4, 0.5) is 0 Å². The molecule has 1 N–H and O–H groups in total. The molecule has 94 valence electrons. The van der Waals surface area contributed by atoms with Gasteiger partial charge >= 0.3 is 0 Å². The molecule has 0 aliphatic heterocycles. The van der Waals surface area contributed by atoms with Crippen LogP contribution in [0.3, 0.4) is 0 Å². The fraction of sp³-hybridized carbons (Fsp3) is 0.286. The molecule has 2 rings (SSSR count). The summed E-state index contributed by atoms with van der Waals surface area (Å²) >= 11 is 1.69. The van der Waals surface area contributed by atoms with E-state index >= 15 is 0 Å². The summed E-state index contributed by atoms with van der Waals surface area (Å²) in [5.41, 5.74) is 2.14. The molecular formula is C14H16N2OS. The van der Waals surface area contributed by atoms with E-state index in [2.05, 4.69) is 22.4 Å². The molecule has 2 heterocycles. The first-order chi connectivity index (χ1) is 8.79. The molecule has 1 amide bonds. The Morgan fingerprint density at radius 1 is 1.44 bits per heavy atom. The van der Waals surface area contributed by atoms with E-state index in [0.717, 1.165) is 17.5 Å². The lowest BCUT2D eigenvalue weighted by atomic mass is 10.2. The maximum Gasteiger partial charge on any atom is 0.220 e. The Morgan fingerprint density at radius 3 is 3.06 bits per heavy atom. The van der Waals surface area contributed by atoms with Crippen molar-refractivity contribution in [3.05, 3.63) is 41.5 Å². The minimum absolute atomic E-state index is 0.0963. The molecule has 0 saturated carbocycles. The van der Waals surface area contributed by atoms with Gasteiger partial charge in [-0.05, 0) is 29.5 Å². The molecule has 0 atom stereocenters. The molecule has 0 unspecified atom stereocenters. The third kappa shape index (κ3) is 3.40. The first-order valence-electron chi connectivity index (χ1n) is 6.04. The molecule has 0 bridgehead atoms. The number of nitrogens with zero attached hydrogens (tertiary/aromatic N) is 1. The lowest BCUT2D eigenvalue weighted by Crippen LogP contribution is -2.22. The van der Waals surface area contributed by atoms with Crippen LogP contribution in [0, 0.1) is 0 Å². The summed E-state index contributed by atoms with van der Waals surface area (Å²) in [6.07, 6.45) is 5.10. The molecule has 0 aromatic carbocycles. The van der Waals surface area contributed by atoms with Crippen LogP contribution in [0.15, 0.2) is 36.0 Å². The number of hydrogen-bond acceptors (Lipinski definition) is 3. The van der Waals surface area contributed by atoms with Gasteiger partial charge in [0.1, 0.15) is 0 Å². The Bertz CT molecular complexity index is 508. The van der Waals surface area contributed by atoms with E-state index in [0.29, 0.717) is 13.0 Å². The van der Waals surface area contributed by atoms with Crippen LogP contribution in [-0.4, -0.2) is 10.9 Å². The van der Waals surface area contributed by atoms with Gasteiger partial charge in [0.2, 0.25) is 5.91 Å². The number of hydrogen-bond donors (Lipinski definition) is 1. The first kappa shape index (κ1) is 12.8. The van der Waals surface area contributed by atoms with E-state index in [1.165, 1.54) is 4.88 Å². The number of amides is 1. The van der Waals surface area contributed by atoms with Gasteiger partial charge in [0.05, 0.1) is 0 Å². The third-order valence-corrected chi connectivity index (χ3v) is 3.49. The van der Waals surface area contributed by atoms with Gasteiger partial charge in [0, 0.05) is 35.8 Å². The third-order valence-electron chi connectivity index (χ3n) is 2.57. The van der Waals surface area contributed by atoms with Crippen molar-refractivity contribution in [2.75, 3.05) is 0 Å². The Kier molecular flexibility index (Phi) is 4.47. The van der Waals surface area contributed by atoms with Crippen LogP contribution in [-0.2, 0) is 11.3 Å². The number of rotatable bonds is 5. The van der Waals surface area contributed by atoms with Gasteiger partial charge in [-0.2, -0.15) is 0 Å². The van der Waals surface area contributed by atoms with Crippen molar-refractivity contribution in [2.24, 2.45) is 0 Å². The summed E-state index contributed by atoms with van der Waals surface area (Å²) in [7, 11) is 0. The standard InChI is InChI=1S/C14H16N2OS/c1-2-4-14(17)16-9-11-7-12(10-15-8-11)13-5-3-6-18-13/h3,5-8,10H,2,4,9H2,1H3,(H,16,17). The van der Waals surface area contributed by atoms with Crippen molar-refractivity contribution in [3.63, 3.8) is 0 Å². The van der Waals surface area contributed by atoms with E-state index in [1.807, 2.05) is 24.6 Å². The minimum Gasteiger partial charge on any atom is -0.352 e. The smallest absolute Gasteiger partial charge is 0.220 e. The first-order valence-corrected chi connectivity index (χ1v) is 6.92. The molecule has 18 heavy (non-hydrogen) atoms. The monoisotopic (exact) mass is 260 g/mol. The van der Waals surface area contributed by atoms with Crippen LogP contribution < -0.4 is 5.32 Å². The maximum absolute atomic E-state index is 11.4. The highest BCUT2D eigenvalue weighted by atomic mass is 32.1. The van der Waals surface area contributed by atoms with Gasteiger partial charge in [0.15, 0.2) is 0 Å². The molecule has 0 aliphatic carbocycles. The van der Waals surface area contributed by atoms with Crippen molar-refractivity contribution in [2.45, 2.75) is 26.3 Å². The van der Waals surface area contributed by atoms with Crippen molar-refractivity contribution >= 4 is 17.2 Å². The van der Waals surface area contributed by atoms with Crippen LogP contribution in [0.1, 0.15) is 25.3 Å². The Hall–Kier alpha value is -1.68. The lowest BCUT2D eigenvalue weighted by molar-refractivity contribution is -0.121. The number of thiophene rings is 1. The molecule has 2 aromatic heterocycles. The predicted octanol–water partition coefficient (Wildman–Crippen LogP) is 3.23. The molecule has 0 aliphatic rings. The molecule has 4 heteroatoms. The van der Waals surface area contributed by atoms with E-state index in [1.54, 1.807) is 17.5 Å². The summed E-state index contributed by atoms with van der Waals surface area (Å²) in [6, 6.07) is 6.17. The highest BCUT2D eigenvalue weighted by Crippen LogP contribution is 2.24. The second kappa shape index (κ2) is 6.31. The molecule has 3 nitrogen and oxygen atoms in total. The number of carbonyl (C=O) groups is 1. The average molecular weight is 260 g/mol. The number of carbonyl (C=O) groups excluding carboxylic acids is 1. The fourth-order valence-corrected chi connectivity index (χ4v) is 2.39. The van der Waals surface area contributed by atoms with Crippen molar-refractivity contribution < 1.29 is 4.79 Å². The fourth-order valence-electron chi connectivity index (χ4n) is 1.68. The predicted molar refractivity (Wildman–Crippen MR) is 74.3 cm³/mol. The summed E-state index contributed by atoms with van der Waals surface area (Å²) in [5, 5.41) is 4.94. The highest BCUT2D eigenvalue weighted by molar-refractivity contribution is 7.13. The Labute approximate surface area is 111 Å². The quantitative estimate of drug-likeness (QED) is 0.896. The number of pyridine rings is 1. The lowest BCUT2D eigenvalue weighted by Gasteiger charge is -2.05. The van der Waals surface area contributed by atoms with E-state index < -0.39 is 0 Å². The summed E-state index contributed by atoms with van der Waals surface area (Å²) in [4.78, 5) is 16.8. The molecule has 0 radical (unpaired) electrons. The largest absolute Gasteiger partial charge is 0.352 e. The maximum atomic E-state index is 11.4. The van der Waals surface area contributed by atoms with Gasteiger partial charge in [-0.25, -0.2) is 0 Å². The molecule has 0 saturated heterocycles. The van der Waals surface area contributed by atoms with E-state index in [4.69, 9.17) is 0 Å². The molecular weight excluding hydrogens is 244 g/mol. The van der Waals surface area contributed by atoms with Crippen LogP contribution in [0.25, 0.3) is 10.4 Å². The number of nitrogens with one attached hydrogen (secondary N) is 1. The average Bonchev–Trinajstić information content (AvgIpc) is 2.91. The topological polar surface area (TPSA) is 42.0 Å². The van der Waals surface area contributed by atoms with Crippen LogP contribution in [0.5, 0.6) is 0 Å². The summed E-state index contributed by atoms with van der Waals surface area (Å²) < 4.78 is 0. The normalized spacial score (nSPS) is 10.3. The van der Waals surface area contributed by atoms with Crippen molar-refractivity contribution in [1.29, 1.82) is 0 Å². The minimum atomic E-state index is 0.0963. The van der Waals surface area contributed by atoms with Crippen LogP contribution in [0.2, 0.25) is 0 Å². The highest BCUT2D eigenvalue weighted by Gasteiger charge is 2.03. The summed E-state index contributed by atoms with van der Waals surface area (Å²) in [6.45, 7) is 2.55. The zero-order valence-corrected chi connectivity index (χ0v) is 11.2. The molecule has 2 aromatic rings. The van der Waals surface area contributed by atoms with E-state index in [9.17, 15) is 4.79 Å². The molecule has 0 fully saturated rings. The zero-order chi connectivity index (χ0) is 12.8. The van der Waals surface area contributed by atoms with Gasteiger partial charge in [-0.15, -0.1) is 11.3 Å².